The fourth-order valence-electron chi connectivity index (χ4n) is 4.63. The number of rotatable bonds is 6. The van der Waals surface area contributed by atoms with Crippen molar-refractivity contribution in [3.63, 3.8) is 0 Å². The molecule has 1 saturated heterocycles. The zero-order chi connectivity index (χ0) is 17.5. The number of fused-ring (bicyclic) bond motifs is 2. The highest BCUT2D eigenvalue weighted by Crippen LogP contribution is 2.50. The van der Waals surface area contributed by atoms with E-state index in [-0.39, 0.29) is 23.5 Å². The van der Waals surface area contributed by atoms with Gasteiger partial charge in [0.2, 0.25) is 10.0 Å². The second kappa shape index (κ2) is 6.41. The molecule has 0 aromatic rings. The van der Waals surface area contributed by atoms with Crippen LogP contribution in [0.15, 0.2) is 4.99 Å². The first-order chi connectivity index (χ1) is 11.4. The van der Waals surface area contributed by atoms with Gasteiger partial charge in [-0.25, -0.2) is 12.7 Å². The van der Waals surface area contributed by atoms with Gasteiger partial charge in [0.15, 0.2) is 0 Å². The molecule has 0 aromatic carbocycles. The number of nitrogens with zero attached hydrogens (tertiary/aromatic N) is 3. The average Bonchev–Trinajstić information content (AvgIpc) is 3.20. The van der Waals surface area contributed by atoms with Crippen molar-refractivity contribution in [2.45, 2.75) is 58.4 Å². The van der Waals surface area contributed by atoms with E-state index in [1.54, 1.807) is 9.21 Å². The van der Waals surface area contributed by atoms with Crippen LogP contribution in [0.1, 0.15) is 52.9 Å². The summed E-state index contributed by atoms with van der Waals surface area (Å²) >= 11 is 0. The standard InChI is InChI=1S/C17H29N3O3S/c1-4-7-10-24(22,23)19-11-13-8-9-17(14(13)12-19)16(21)20(6-3)15(5-2)18-17/h13-14H,4-12H2,1-3H3/t13-,14+,17-/m0/s1. The van der Waals surface area contributed by atoms with Crippen LogP contribution < -0.4 is 0 Å². The molecule has 2 fully saturated rings. The number of hydrogen-bond donors (Lipinski definition) is 0. The molecule has 2 heterocycles. The monoisotopic (exact) mass is 355 g/mol. The second-order valence-electron chi connectivity index (χ2n) is 7.25. The molecule has 0 radical (unpaired) electrons. The van der Waals surface area contributed by atoms with Crippen molar-refractivity contribution in [2.24, 2.45) is 16.8 Å². The highest BCUT2D eigenvalue weighted by atomic mass is 32.2. The van der Waals surface area contributed by atoms with Gasteiger partial charge in [0.05, 0.1) is 5.75 Å². The Hall–Kier alpha value is -0.950. The van der Waals surface area contributed by atoms with Crippen LogP contribution in [0.25, 0.3) is 0 Å². The molecule has 3 rings (SSSR count). The topological polar surface area (TPSA) is 70.1 Å². The number of amidine groups is 1. The van der Waals surface area contributed by atoms with E-state index in [2.05, 4.69) is 0 Å². The Morgan fingerprint density at radius 3 is 2.58 bits per heavy atom. The van der Waals surface area contributed by atoms with Crippen molar-refractivity contribution in [1.29, 1.82) is 0 Å². The summed E-state index contributed by atoms with van der Waals surface area (Å²) < 4.78 is 26.7. The third kappa shape index (κ3) is 2.60. The highest BCUT2D eigenvalue weighted by molar-refractivity contribution is 7.89. The van der Waals surface area contributed by atoms with E-state index in [4.69, 9.17) is 4.99 Å². The zero-order valence-electron chi connectivity index (χ0n) is 15.0. The fourth-order valence-corrected chi connectivity index (χ4v) is 6.35. The van der Waals surface area contributed by atoms with Gasteiger partial charge in [-0.15, -0.1) is 0 Å². The molecule has 1 aliphatic carbocycles. The van der Waals surface area contributed by atoms with E-state index in [0.29, 0.717) is 26.1 Å². The predicted octanol–water partition coefficient (Wildman–Crippen LogP) is 1.87. The summed E-state index contributed by atoms with van der Waals surface area (Å²) in [6.07, 6.45) is 3.98. The van der Waals surface area contributed by atoms with E-state index in [9.17, 15) is 13.2 Å². The van der Waals surface area contributed by atoms with Gasteiger partial charge in [0, 0.05) is 32.0 Å². The zero-order valence-corrected chi connectivity index (χ0v) is 15.8. The number of aliphatic imine (C=N–C) groups is 1. The summed E-state index contributed by atoms with van der Waals surface area (Å²) in [7, 11) is -3.21. The van der Waals surface area contributed by atoms with Crippen molar-refractivity contribution in [2.75, 3.05) is 25.4 Å². The third-order valence-corrected chi connectivity index (χ3v) is 7.84. The van der Waals surface area contributed by atoms with Gasteiger partial charge in [0.1, 0.15) is 11.4 Å². The number of likely N-dealkylation sites (N-methyl/N-ethyl adjacent to an activating group) is 1. The lowest BCUT2D eigenvalue weighted by molar-refractivity contribution is -0.132. The average molecular weight is 356 g/mol. The molecule has 0 N–H and O–H groups in total. The minimum Gasteiger partial charge on any atom is -0.299 e. The Kier molecular flexibility index (Phi) is 4.77. The first-order valence-electron chi connectivity index (χ1n) is 9.28. The lowest BCUT2D eigenvalue weighted by atomic mass is 9.85. The van der Waals surface area contributed by atoms with E-state index < -0.39 is 15.6 Å². The van der Waals surface area contributed by atoms with Gasteiger partial charge >= 0.3 is 0 Å². The molecule has 3 atom stereocenters. The van der Waals surface area contributed by atoms with Gasteiger partial charge in [0.25, 0.3) is 5.91 Å². The number of carbonyl (C=O) groups is 1. The minimum absolute atomic E-state index is 0.0412. The molecular weight excluding hydrogens is 326 g/mol. The van der Waals surface area contributed by atoms with E-state index in [1.807, 2.05) is 20.8 Å². The summed E-state index contributed by atoms with van der Waals surface area (Å²) in [5, 5.41) is 0. The molecule has 7 heteroatoms. The SMILES string of the molecule is CCCCS(=O)(=O)N1C[C@@H]2CC[C@]3(N=C(CC)N(CC)C3=O)[C@@H]2C1. The maximum atomic E-state index is 13.0. The van der Waals surface area contributed by atoms with E-state index in [1.165, 1.54) is 0 Å². The quantitative estimate of drug-likeness (QED) is 0.730. The van der Waals surface area contributed by atoms with Crippen LogP contribution in [0.2, 0.25) is 0 Å². The molecule has 136 valence electrons. The second-order valence-corrected chi connectivity index (χ2v) is 9.34. The molecule has 0 bridgehead atoms. The Morgan fingerprint density at radius 1 is 1.25 bits per heavy atom. The molecule has 6 nitrogen and oxygen atoms in total. The molecule has 0 aromatic heterocycles. The van der Waals surface area contributed by atoms with Crippen LogP contribution in [-0.4, -0.2) is 60.3 Å². The summed E-state index contributed by atoms with van der Waals surface area (Å²) in [5.74, 6) is 1.50. The van der Waals surface area contributed by atoms with Gasteiger partial charge < -0.3 is 0 Å². The summed E-state index contributed by atoms with van der Waals surface area (Å²) in [4.78, 5) is 19.7. The van der Waals surface area contributed by atoms with Crippen LogP contribution in [0.4, 0.5) is 0 Å². The first-order valence-corrected chi connectivity index (χ1v) is 10.9. The van der Waals surface area contributed by atoms with Gasteiger partial charge in [-0.3, -0.25) is 14.7 Å². The smallest absolute Gasteiger partial charge is 0.256 e. The van der Waals surface area contributed by atoms with Crippen LogP contribution >= 0.6 is 0 Å². The minimum atomic E-state index is -3.21. The number of carbonyl (C=O) groups excluding carboxylic acids is 1. The molecule has 0 unspecified atom stereocenters. The molecule has 3 aliphatic rings. The fraction of sp³-hybridized carbons (Fsp3) is 0.882. The Morgan fingerprint density at radius 2 is 2.00 bits per heavy atom. The number of unbranched alkanes of at least 4 members (excludes halogenated alkanes) is 1. The Bertz CT molecular complexity index is 645. The molecule has 24 heavy (non-hydrogen) atoms. The van der Waals surface area contributed by atoms with Crippen molar-refractivity contribution in [3.05, 3.63) is 0 Å². The summed E-state index contributed by atoms with van der Waals surface area (Å²) in [6, 6.07) is 0. The van der Waals surface area contributed by atoms with Crippen molar-refractivity contribution in [3.8, 4) is 0 Å². The molecule has 1 amide bonds. The van der Waals surface area contributed by atoms with Crippen molar-refractivity contribution >= 4 is 21.8 Å². The summed E-state index contributed by atoms with van der Waals surface area (Å²) in [5.41, 5.74) is -0.693. The van der Waals surface area contributed by atoms with Gasteiger partial charge in [-0.1, -0.05) is 20.3 Å². The van der Waals surface area contributed by atoms with E-state index in [0.717, 1.165) is 31.5 Å². The third-order valence-electron chi connectivity index (χ3n) is 5.95. The first kappa shape index (κ1) is 17.9. The van der Waals surface area contributed by atoms with Crippen LogP contribution in [0.5, 0.6) is 0 Å². The van der Waals surface area contributed by atoms with E-state index >= 15 is 0 Å². The number of hydrogen-bond acceptors (Lipinski definition) is 4. The Balaban J connectivity index is 1.84. The highest BCUT2D eigenvalue weighted by Gasteiger charge is 2.61. The lowest BCUT2D eigenvalue weighted by Gasteiger charge is -2.27. The van der Waals surface area contributed by atoms with Crippen LogP contribution in [0, 0.1) is 11.8 Å². The van der Waals surface area contributed by atoms with Gasteiger partial charge in [-0.05, 0) is 32.1 Å². The predicted molar refractivity (Wildman–Crippen MR) is 94.3 cm³/mol. The molecular formula is C17H29N3O3S. The molecule has 2 aliphatic heterocycles. The number of amides is 1. The number of sulfonamides is 1. The van der Waals surface area contributed by atoms with Crippen LogP contribution in [-0.2, 0) is 14.8 Å². The maximum absolute atomic E-state index is 13.0. The summed E-state index contributed by atoms with van der Waals surface area (Å²) in [6.45, 7) is 7.67. The maximum Gasteiger partial charge on any atom is 0.256 e. The van der Waals surface area contributed by atoms with Gasteiger partial charge in [-0.2, -0.15) is 0 Å². The molecule has 1 saturated carbocycles. The van der Waals surface area contributed by atoms with Crippen molar-refractivity contribution in [1.82, 2.24) is 9.21 Å². The largest absolute Gasteiger partial charge is 0.299 e. The molecule has 1 spiro atoms. The Labute approximate surface area is 145 Å². The van der Waals surface area contributed by atoms with Crippen molar-refractivity contribution < 1.29 is 13.2 Å². The normalized spacial score (nSPS) is 33.5. The lowest BCUT2D eigenvalue weighted by Crippen LogP contribution is -2.47. The van der Waals surface area contributed by atoms with Crippen LogP contribution in [0.3, 0.4) is 0 Å².